The van der Waals surface area contributed by atoms with E-state index in [1.165, 1.54) is 65.3 Å². The van der Waals surface area contributed by atoms with Crippen molar-refractivity contribution in [2.75, 3.05) is 0 Å². The Morgan fingerprint density at radius 3 is 2.23 bits per heavy atom. The summed E-state index contributed by atoms with van der Waals surface area (Å²) in [7, 11) is 0. The summed E-state index contributed by atoms with van der Waals surface area (Å²) in [5, 5.41) is 10.6. The van der Waals surface area contributed by atoms with Gasteiger partial charge in [-0.1, -0.05) is 98.8 Å². The summed E-state index contributed by atoms with van der Waals surface area (Å²) < 4.78 is 0. The summed E-state index contributed by atoms with van der Waals surface area (Å²) in [6.45, 7) is 4.00. The fourth-order valence-electron chi connectivity index (χ4n) is 5.34. The summed E-state index contributed by atoms with van der Waals surface area (Å²) in [4.78, 5) is 3.85. The van der Waals surface area contributed by atoms with Crippen LogP contribution in [0.1, 0.15) is 31.4 Å². The van der Waals surface area contributed by atoms with Crippen LogP contribution in [0.2, 0.25) is 0 Å². The molecule has 7 rings (SSSR count). The molecule has 0 bridgehead atoms. The molecule has 31 heavy (non-hydrogen) atoms. The number of fused-ring (bicyclic) bond motifs is 12. The van der Waals surface area contributed by atoms with E-state index in [1.807, 2.05) is 13.8 Å². The minimum absolute atomic E-state index is 1.13. The van der Waals surface area contributed by atoms with Crippen molar-refractivity contribution in [3.8, 4) is 0 Å². The van der Waals surface area contributed by atoms with E-state index in [9.17, 15) is 0 Å². The largest absolute Gasteiger partial charge is 0.353 e. The Bertz CT molecular complexity index is 1650. The molecule has 150 valence electrons. The zero-order chi connectivity index (χ0) is 20.9. The zero-order valence-corrected chi connectivity index (χ0v) is 18.0. The molecule has 0 saturated heterocycles. The van der Waals surface area contributed by atoms with E-state index in [1.54, 1.807) is 0 Å². The Hall–Kier alpha value is -3.58. The van der Waals surface area contributed by atoms with Crippen molar-refractivity contribution < 1.29 is 0 Å². The van der Waals surface area contributed by atoms with Gasteiger partial charge < -0.3 is 4.98 Å². The maximum atomic E-state index is 3.85. The van der Waals surface area contributed by atoms with Gasteiger partial charge >= 0.3 is 0 Å². The van der Waals surface area contributed by atoms with Gasteiger partial charge in [-0.25, -0.2) is 0 Å². The average Bonchev–Trinajstić information content (AvgIpc) is 3.25. The van der Waals surface area contributed by atoms with Gasteiger partial charge in [-0.3, -0.25) is 0 Å². The molecule has 1 aromatic heterocycles. The molecule has 1 aliphatic rings. The molecule has 0 aliphatic heterocycles. The van der Waals surface area contributed by atoms with Gasteiger partial charge in [-0.15, -0.1) is 0 Å². The van der Waals surface area contributed by atoms with E-state index in [0.29, 0.717) is 0 Å². The molecule has 1 N–H and O–H groups in total. The summed E-state index contributed by atoms with van der Waals surface area (Å²) in [5.74, 6) is 0. The highest BCUT2D eigenvalue weighted by molar-refractivity contribution is 6.36. The first kappa shape index (κ1) is 18.2. The van der Waals surface area contributed by atoms with Crippen LogP contribution in [0, 0.1) is 0 Å². The van der Waals surface area contributed by atoms with Crippen LogP contribution in [0.4, 0.5) is 0 Å². The standard InChI is InChI=1S/C28H19N.C2H6/c1-3-9-19-17(7-1)13-15-22-21-11-5-6-12-23(21)28-26(25(19)22)24-16-14-18-8-2-4-10-20(18)27(24)29-28;1-2/h1,3-7,9-16,29H,2,8H2;1-2H3. The lowest BCUT2D eigenvalue weighted by Gasteiger charge is -2.11. The molecule has 5 aromatic carbocycles. The molecule has 0 fully saturated rings. The van der Waals surface area contributed by atoms with Gasteiger partial charge in [0.25, 0.3) is 0 Å². The molecule has 0 amide bonds. The van der Waals surface area contributed by atoms with Crippen molar-refractivity contribution in [2.45, 2.75) is 26.7 Å². The van der Waals surface area contributed by atoms with Crippen LogP contribution in [0.5, 0.6) is 0 Å². The van der Waals surface area contributed by atoms with Crippen LogP contribution in [0.3, 0.4) is 0 Å². The number of nitrogens with one attached hydrogen (secondary N) is 1. The monoisotopic (exact) mass is 399 g/mol. The zero-order valence-electron chi connectivity index (χ0n) is 18.0. The van der Waals surface area contributed by atoms with E-state index >= 15 is 0 Å². The van der Waals surface area contributed by atoms with Crippen molar-refractivity contribution in [3.05, 3.63) is 90.0 Å². The van der Waals surface area contributed by atoms with Crippen LogP contribution in [0.15, 0.2) is 78.9 Å². The van der Waals surface area contributed by atoms with Gasteiger partial charge in [0.15, 0.2) is 0 Å². The van der Waals surface area contributed by atoms with Crippen LogP contribution in [0.25, 0.3) is 60.2 Å². The third-order valence-corrected chi connectivity index (χ3v) is 6.64. The molecule has 1 heterocycles. The molecule has 0 unspecified atom stereocenters. The summed E-state index contributed by atoms with van der Waals surface area (Å²) in [5.41, 5.74) is 5.35. The number of rotatable bonds is 0. The van der Waals surface area contributed by atoms with Crippen molar-refractivity contribution >= 4 is 60.2 Å². The number of allylic oxidation sites excluding steroid dienone is 1. The van der Waals surface area contributed by atoms with Crippen molar-refractivity contribution in [3.63, 3.8) is 0 Å². The lowest BCUT2D eigenvalue weighted by Crippen LogP contribution is -1.94. The first-order valence-corrected chi connectivity index (χ1v) is 11.4. The number of aromatic amines is 1. The summed E-state index contributed by atoms with van der Waals surface area (Å²) in [6.07, 6.45) is 6.87. The minimum Gasteiger partial charge on any atom is -0.353 e. The van der Waals surface area contributed by atoms with Crippen LogP contribution in [-0.2, 0) is 6.42 Å². The number of aryl methyl sites for hydroxylation is 1. The average molecular weight is 400 g/mol. The maximum absolute atomic E-state index is 3.85. The fourth-order valence-corrected chi connectivity index (χ4v) is 5.34. The topological polar surface area (TPSA) is 15.8 Å². The van der Waals surface area contributed by atoms with E-state index in [2.05, 4.69) is 89.9 Å². The Morgan fingerprint density at radius 1 is 0.613 bits per heavy atom. The molecule has 1 nitrogen and oxygen atoms in total. The number of hydrogen-bond donors (Lipinski definition) is 1. The third-order valence-electron chi connectivity index (χ3n) is 6.64. The van der Waals surface area contributed by atoms with E-state index in [-0.39, 0.29) is 0 Å². The Morgan fingerprint density at radius 2 is 1.35 bits per heavy atom. The quantitative estimate of drug-likeness (QED) is 0.246. The molecule has 0 radical (unpaired) electrons. The molecule has 0 atom stereocenters. The smallest absolute Gasteiger partial charge is 0.0551 e. The van der Waals surface area contributed by atoms with Gasteiger partial charge in [-0.05, 0) is 39.9 Å². The SMILES string of the molecule is C1=Cc2c(ccc3c2[nH]c2c4ccccc4c4ccc5ccccc5c4c32)CC1.CC. The molecular weight excluding hydrogens is 374 g/mol. The van der Waals surface area contributed by atoms with E-state index in [4.69, 9.17) is 0 Å². The number of benzene rings is 5. The lowest BCUT2D eigenvalue weighted by molar-refractivity contribution is 0.989. The Kier molecular flexibility index (Phi) is 4.11. The Balaban J connectivity index is 0.000000902. The van der Waals surface area contributed by atoms with Gasteiger partial charge in [0.2, 0.25) is 0 Å². The second-order valence-corrected chi connectivity index (χ2v) is 8.13. The van der Waals surface area contributed by atoms with Crippen molar-refractivity contribution in [1.29, 1.82) is 0 Å². The van der Waals surface area contributed by atoms with Crippen LogP contribution >= 0.6 is 0 Å². The normalized spacial score (nSPS) is 13.1. The van der Waals surface area contributed by atoms with E-state index < -0.39 is 0 Å². The molecular formula is C30H25N. The first-order valence-electron chi connectivity index (χ1n) is 11.4. The van der Waals surface area contributed by atoms with Gasteiger partial charge in [0, 0.05) is 27.1 Å². The second-order valence-electron chi connectivity index (χ2n) is 8.13. The fraction of sp³-hybridized carbons (Fsp3) is 0.133. The number of H-pyrrole nitrogens is 1. The van der Waals surface area contributed by atoms with Gasteiger partial charge in [0.1, 0.15) is 0 Å². The molecule has 1 heteroatoms. The summed E-state index contributed by atoms with van der Waals surface area (Å²) in [6, 6.07) is 26.8. The molecule has 0 spiro atoms. The van der Waals surface area contributed by atoms with Gasteiger partial charge in [-0.2, -0.15) is 0 Å². The predicted molar refractivity (Wildman–Crippen MR) is 137 cm³/mol. The van der Waals surface area contributed by atoms with Crippen LogP contribution in [-0.4, -0.2) is 4.98 Å². The third kappa shape index (κ3) is 2.50. The van der Waals surface area contributed by atoms with E-state index in [0.717, 1.165) is 12.8 Å². The minimum atomic E-state index is 1.13. The van der Waals surface area contributed by atoms with Crippen molar-refractivity contribution in [2.24, 2.45) is 0 Å². The number of hydrogen-bond acceptors (Lipinski definition) is 0. The summed E-state index contributed by atoms with van der Waals surface area (Å²) >= 11 is 0. The highest BCUT2D eigenvalue weighted by atomic mass is 14.7. The van der Waals surface area contributed by atoms with Gasteiger partial charge in [0.05, 0.1) is 11.0 Å². The predicted octanol–water partition coefficient (Wildman–Crippen LogP) is 8.77. The second kappa shape index (κ2) is 6.99. The number of aromatic nitrogens is 1. The maximum Gasteiger partial charge on any atom is 0.0551 e. The Labute approximate surface area is 182 Å². The molecule has 1 aliphatic carbocycles. The highest BCUT2D eigenvalue weighted by Crippen LogP contribution is 2.43. The lowest BCUT2D eigenvalue weighted by atomic mass is 9.91. The molecule has 0 saturated carbocycles. The highest BCUT2D eigenvalue weighted by Gasteiger charge is 2.18. The molecule has 6 aromatic rings. The van der Waals surface area contributed by atoms with Crippen LogP contribution < -0.4 is 0 Å². The first-order chi connectivity index (χ1) is 15.4. The van der Waals surface area contributed by atoms with Crippen molar-refractivity contribution in [1.82, 2.24) is 4.98 Å².